The summed E-state index contributed by atoms with van der Waals surface area (Å²) in [5.74, 6) is 0. The molecule has 0 aromatic rings. The maximum absolute atomic E-state index is 10.5. The van der Waals surface area contributed by atoms with E-state index in [1.165, 1.54) is 0 Å². The Hall–Kier alpha value is -1.46. The lowest BCUT2D eigenvalue weighted by Gasteiger charge is -2.38. The van der Waals surface area contributed by atoms with Gasteiger partial charge in [-0.2, -0.15) is 0 Å². The van der Waals surface area contributed by atoms with E-state index in [4.69, 9.17) is 14.2 Å². The van der Waals surface area contributed by atoms with Crippen LogP contribution in [-0.4, -0.2) is 165 Å². The number of aliphatic hydroxyl groups is 6. The second kappa shape index (κ2) is 22.7. The molecule has 0 saturated carbocycles. The van der Waals surface area contributed by atoms with Crippen molar-refractivity contribution in [1.29, 1.82) is 0 Å². The number of quaternary nitrogens is 1. The van der Waals surface area contributed by atoms with Crippen molar-refractivity contribution in [3.05, 3.63) is 0 Å². The summed E-state index contributed by atoms with van der Waals surface area (Å²) in [6.45, 7) is 0.780. The molecule has 0 fully saturated rings. The van der Waals surface area contributed by atoms with E-state index in [2.05, 4.69) is 9.47 Å². The minimum atomic E-state index is -0.957. The lowest BCUT2D eigenvalue weighted by atomic mass is 10.2. The SMILES string of the molecule is O=COCCC(O)COCC(COCC(O)C[N+](CCO)(CCO)CCO)OCC(O)CCOC=O. The van der Waals surface area contributed by atoms with E-state index in [0.29, 0.717) is 0 Å². The van der Waals surface area contributed by atoms with Crippen molar-refractivity contribution in [3.63, 3.8) is 0 Å². The van der Waals surface area contributed by atoms with Crippen molar-refractivity contribution in [2.24, 2.45) is 0 Å². The first-order chi connectivity index (χ1) is 17.4. The Labute approximate surface area is 211 Å². The first kappa shape index (κ1) is 34.5. The zero-order valence-electron chi connectivity index (χ0n) is 20.8. The van der Waals surface area contributed by atoms with Gasteiger partial charge < -0.3 is 58.8 Å². The van der Waals surface area contributed by atoms with Crippen molar-refractivity contribution >= 4 is 12.9 Å². The Balaban J connectivity index is 4.74. The predicted molar refractivity (Wildman–Crippen MR) is 124 cm³/mol. The van der Waals surface area contributed by atoms with Crippen molar-refractivity contribution in [3.8, 4) is 0 Å². The molecule has 0 aliphatic rings. The van der Waals surface area contributed by atoms with Crippen molar-refractivity contribution < 1.29 is 68.4 Å². The van der Waals surface area contributed by atoms with Crippen LogP contribution in [0.1, 0.15) is 12.8 Å². The standard InChI is InChI=1S/C22H44NO13/c24-6-3-23(4-7-25,5-8-26)11-21(31)13-35-16-22(36-14-20(30)2-10-33-18-28)15-34-12-19(29)1-9-32-17-27/h17-22,24-26,29-31H,1-16H2/q+1. The van der Waals surface area contributed by atoms with Crippen LogP contribution in [0.15, 0.2) is 0 Å². The molecule has 14 heteroatoms. The van der Waals surface area contributed by atoms with Gasteiger partial charge in [0.1, 0.15) is 38.4 Å². The van der Waals surface area contributed by atoms with Crippen LogP contribution in [0, 0.1) is 0 Å². The van der Waals surface area contributed by atoms with Crippen LogP contribution in [-0.2, 0) is 33.3 Å². The van der Waals surface area contributed by atoms with Crippen molar-refractivity contribution in [2.45, 2.75) is 37.3 Å². The van der Waals surface area contributed by atoms with E-state index in [9.17, 15) is 40.2 Å². The first-order valence-electron chi connectivity index (χ1n) is 12.0. The highest BCUT2D eigenvalue weighted by atomic mass is 16.6. The van der Waals surface area contributed by atoms with Gasteiger partial charge in [-0.25, -0.2) is 0 Å². The average molecular weight is 531 g/mol. The van der Waals surface area contributed by atoms with Crippen LogP contribution < -0.4 is 0 Å². The van der Waals surface area contributed by atoms with E-state index < -0.39 is 24.4 Å². The summed E-state index contributed by atoms with van der Waals surface area (Å²) in [5.41, 5.74) is 0. The molecule has 36 heavy (non-hydrogen) atoms. The molecule has 0 rings (SSSR count). The highest BCUT2D eigenvalue weighted by Crippen LogP contribution is 2.09. The van der Waals surface area contributed by atoms with E-state index >= 15 is 0 Å². The van der Waals surface area contributed by atoms with Crippen LogP contribution in [0.2, 0.25) is 0 Å². The molecule has 0 radical (unpaired) electrons. The average Bonchev–Trinajstić information content (AvgIpc) is 2.83. The summed E-state index contributed by atoms with van der Waals surface area (Å²) in [6.07, 6.45) is -3.03. The molecule has 0 saturated heterocycles. The maximum Gasteiger partial charge on any atom is 0.293 e. The lowest BCUT2D eigenvalue weighted by Crippen LogP contribution is -2.57. The number of ether oxygens (including phenoxy) is 5. The normalized spacial score (nSPS) is 15.2. The zero-order valence-corrected chi connectivity index (χ0v) is 20.8. The summed E-state index contributed by atoms with van der Waals surface area (Å²) < 4.78 is 25.9. The second-order valence-corrected chi connectivity index (χ2v) is 8.37. The van der Waals surface area contributed by atoms with Gasteiger partial charge in [0.05, 0.1) is 78.3 Å². The largest absolute Gasteiger partial charge is 0.468 e. The molecule has 4 atom stereocenters. The van der Waals surface area contributed by atoms with E-state index in [1.807, 2.05) is 0 Å². The van der Waals surface area contributed by atoms with Crippen molar-refractivity contribution in [1.82, 2.24) is 0 Å². The quantitative estimate of drug-likeness (QED) is 0.0346. The number of rotatable bonds is 27. The molecule has 0 spiro atoms. The van der Waals surface area contributed by atoms with Crippen LogP contribution >= 0.6 is 0 Å². The van der Waals surface area contributed by atoms with Gasteiger partial charge in [-0.1, -0.05) is 0 Å². The molecule has 14 nitrogen and oxygen atoms in total. The Morgan fingerprint density at radius 2 is 1.08 bits per heavy atom. The highest BCUT2D eigenvalue weighted by molar-refractivity contribution is 5.37. The van der Waals surface area contributed by atoms with Crippen LogP contribution in [0.4, 0.5) is 0 Å². The zero-order chi connectivity index (χ0) is 27.1. The number of nitrogens with zero attached hydrogens (tertiary/aromatic N) is 1. The fourth-order valence-electron chi connectivity index (χ4n) is 3.48. The molecule has 0 aliphatic heterocycles. The molecule has 214 valence electrons. The van der Waals surface area contributed by atoms with Gasteiger partial charge in [0.15, 0.2) is 0 Å². The minimum Gasteiger partial charge on any atom is -0.468 e. The Morgan fingerprint density at radius 1 is 0.639 bits per heavy atom. The summed E-state index contributed by atoms with van der Waals surface area (Å²) in [6, 6.07) is 0. The molecule has 0 heterocycles. The third-order valence-electron chi connectivity index (χ3n) is 5.35. The molecule has 0 aliphatic carbocycles. The molecule has 6 N–H and O–H groups in total. The second-order valence-electron chi connectivity index (χ2n) is 8.37. The van der Waals surface area contributed by atoms with E-state index in [-0.39, 0.29) is 123 Å². The fourth-order valence-corrected chi connectivity index (χ4v) is 3.48. The first-order valence-corrected chi connectivity index (χ1v) is 12.0. The van der Waals surface area contributed by atoms with Gasteiger partial charge in [0.25, 0.3) is 12.9 Å². The molecule has 0 aromatic carbocycles. The molecule has 4 unspecified atom stereocenters. The topological polar surface area (TPSA) is 202 Å². The van der Waals surface area contributed by atoms with Gasteiger partial charge in [-0.15, -0.1) is 0 Å². The predicted octanol–water partition coefficient (Wildman–Crippen LogP) is -3.59. The number of carbonyl (C=O) groups excluding carboxylic acids is 2. The van der Waals surface area contributed by atoms with Crippen LogP contribution in [0.5, 0.6) is 0 Å². The van der Waals surface area contributed by atoms with E-state index in [0.717, 1.165) is 0 Å². The molecule has 0 amide bonds. The Kier molecular flexibility index (Phi) is 21.8. The molecular weight excluding hydrogens is 486 g/mol. The number of hydrogen-bond acceptors (Lipinski definition) is 13. The third-order valence-corrected chi connectivity index (χ3v) is 5.35. The lowest BCUT2D eigenvalue weighted by molar-refractivity contribution is -0.931. The number of hydrogen-bond donors (Lipinski definition) is 6. The van der Waals surface area contributed by atoms with Gasteiger partial charge in [0.2, 0.25) is 0 Å². The van der Waals surface area contributed by atoms with Gasteiger partial charge in [-0.3, -0.25) is 9.59 Å². The molecule has 0 bridgehead atoms. The summed E-state index contributed by atoms with van der Waals surface area (Å²) in [7, 11) is 0. The smallest absolute Gasteiger partial charge is 0.293 e. The monoisotopic (exact) mass is 530 g/mol. The Bertz CT molecular complexity index is 511. The summed E-state index contributed by atoms with van der Waals surface area (Å²) in [5, 5.41) is 58.4. The van der Waals surface area contributed by atoms with Gasteiger partial charge in [0, 0.05) is 12.8 Å². The number of carbonyl (C=O) groups is 2. The highest BCUT2D eigenvalue weighted by Gasteiger charge is 2.29. The van der Waals surface area contributed by atoms with E-state index in [1.54, 1.807) is 0 Å². The third kappa shape index (κ3) is 17.9. The van der Waals surface area contributed by atoms with Gasteiger partial charge >= 0.3 is 0 Å². The van der Waals surface area contributed by atoms with Gasteiger partial charge in [-0.05, 0) is 0 Å². The maximum atomic E-state index is 10.5. The Morgan fingerprint density at radius 3 is 1.53 bits per heavy atom. The van der Waals surface area contributed by atoms with Crippen molar-refractivity contribution in [2.75, 3.05) is 92.2 Å². The number of aliphatic hydroxyl groups excluding tert-OH is 6. The summed E-state index contributed by atoms with van der Waals surface area (Å²) >= 11 is 0. The van der Waals surface area contributed by atoms with Crippen LogP contribution in [0.3, 0.4) is 0 Å². The minimum absolute atomic E-state index is 0.00120. The molecule has 0 aromatic heterocycles. The molecular formula is C22H44NO13+. The fraction of sp³-hybridized carbons (Fsp3) is 0.909. The van der Waals surface area contributed by atoms with Crippen LogP contribution in [0.25, 0.3) is 0 Å². The summed E-state index contributed by atoms with van der Waals surface area (Å²) in [4.78, 5) is 20.4.